The van der Waals surface area contributed by atoms with Gasteiger partial charge in [-0.15, -0.1) is 11.8 Å². The van der Waals surface area contributed by atoms with Gasteiger partial charge in [-0.1, -0.05) is 18.2 Å². The molecule has 0 heterocycles. The molecule has 0 aliphatic heterocycles. The van der Waals surface area contributed by atoms with E-state index in [0.29, 0.717) is 0 Å². The van der Waals surface area contributed by atoms with Crippen molar-refractivity contribution in [3.63, 3.8) is 0 Å². The minimum atomic E-state index is -0.182. The molecular formula is C14H13BrFNS. The predicted molar refractivity (Wildman–Crippen MR) is 79.8 cm³/mol. The Balaban J connectivity index is 1.78. The first-order valence-corrected chi connectivity index (χ1v) is 7.40. The van der Waals surface area contributed by atoms with Crippen molar-refractivity contribution in [3.05, 3.63) is 58.8 Å². The number of para-hydroxylation sites is 1. The normalized spacial score (nSPS) is 10.3. The van der Waals surface area contributed by atoms with Crippen molar-refractivity contribution in [2.24, 2.45) is 0 Å². The fourth-order valence-electron chi connectivity index (χ4n) is 1.52. The van der Waals surface area contributed by atoms with Crippen LogP contribution in [0.15, 0.2) is 57.9 Å². The predicted octanol–water partition coefficient (Wildman–Crippen LogP) is 4.79. The molecule has 2 rings (SSSR count). The molecule has 18 heavy (non-hydrogen) atoms. The zero-order valence-corrected chi connectivity index (χ0v) is 12.1. The first kappa shape index (κ1) is 13.4. The van der Waals surface area contributed by atoms with Crippen LogP contribution >= 0.6 is 27.7 Å². The van der Waals surface area contributed by atoms with Crippen molar-refractivity contribution >= 4 is 33.4 Å². The summed E-state index contributed by atoms with van der Waals surface area (Å²) in [4.78, 5) is 0.962. The third-order valence-electron chi connectivity index (χ3n) is 2.36. The number of rotatable bonds is 5. The maximum atomic E-state index is 13.0. The molecule has 0 aliphatic carbocycles. The maximum Gasteiger partial charge on any atom is 0.124 e. The highest BCUT2D eigenvalue weighted by Gasteiger charge is 1.98. The highest BCUT2D eigenvalue weighted by molar-refractivity contribution is 9.10. The molecular weight excluding hydrogens is 313 g/mol. The summed E-state index contributed by atoms with van der Waals surface area (Å²) in [6, 6.07) is 14.7. The van der Waals surface area contributed by atoms with Crippen molar-refractivity contribution in [2.45, 2.75) is 4.90 Å². The number of anilines is 1. The van der Waals surface area contributed by atoms with Crippen LogP contribution in [0.2, 0.25) is 0 Å². The molecule has 94 valence electrons. The minimum Gasteiger partial charge on any atom is -0.383 e. The molecule has 2 aromatic rings. The smallest absolute Gasteiger partial charge is 0.124 e. The van der Waals surface area contributed by atoms with E-state index in [1.165, 1.54) is 6.07 Å². The second-order valence-corrected chi connectivity index (χ2v) is 5.74. The monoisotopic (exact) mass is 325 g/mol. The van der Waals surface area contributed by atoms with E-state index in [1.807, 2.05) is 30.3 Å². The van der Waals surface area contributed by atoms with E-state index in [-0.39, 0.29) is 5.82 Å². The number of nitrogens with one attached hydrogen (secondary N) is 1. The maximum absolute atomic E-state index is 13.0. The Labute approximate surface area is 119 Å². The standard InChI is InChI=1S/C14H13BrFNS/c15-13-6-1-2-7-14(13)17-8-9-18-12-5-3-4-11(16)10-12/h1-7,10,17H,8-9H2. The van der Waals surface area contributed by atoms with Gasteiger partial charge in [0, 0.05) is 27.4 Å². The van der Waals surface area contributed by atoms with Gasteiger partial charge in [0.2, 0.25) is 0 Å². The van der Waals surface area contributed by atoms with E-state index in [9.17, 15) is 4.39 Å². The van der Waals surface area contributed by atoms with E-state index in [4.69, 9.17) is 0 Å². The molecule has 2 aromatic carbocycles. The van der Waals surface area contributed by atoms with E-state index in [2.05, 4.69) is 21.2 Å². The topological polar surface area (TPSA) is 12.0 Å². The summed E-state index contributed by atoms with van der Waals surface area (Å²) in [5.41, 5.74) is 1.08. The quantitative estimate of drug-likeness (QED) is 0.626. The lowest BCUT2D eigenvalue weighted by molar-refractivity contribution is 0.624. The molecule has 0 aromatic heterocycles. The van der Waals surface area contributed by atoms with Gasteiger partial charge in [-0.2, -0.15) is 0 Å². The van der Waals surface area contributed by atoms with Crippen molar-refractivity contribution in [1.29, 1.82) is 0 Å². The molecule has 0 bridgehead atoms. The molecule has 0 aliphatic rings. The number of thioether (sulfide) groups is 1. The average molecular weight is 326 g/mol. The van der Waals surface area contributed by atoms with Crippen molar-refractivity contribution in [3.8, 4) is 0 Å². The molecule has 0 amide bonds. The number of hydrogen-bond donors (Lipinski definition) is 1. The fourth-order valence-corrected chi connectivity index (χ4v) is 2.75. The lowest BCUT2D eigenvalue weighted by Crippen LogP contribution is -2.04. The highest BCUT2D eigenvalue weighted by Crippen LogP contribution is 2.22. The minimum absolute atomic E-state index is 0.182. The number of benzene rings is 2. The Morgan fingerprint density at radius 1 is 1.11 bits per heavy atom. The van der Waals surface area contributed by atoms with Gasteiger partial charge in [0.1, 0.15) is 5.82 Å². The van der Waals surface area contributed by atoms with E-state index >= 15 is 0 Å². The Morgan fingerprint density at radius 2 is 1.94 bits per heavy atom. The Hall–Kier alpha value is -1.00. The van der Waals surface area contributed by atoms with Crippen LogP contribution in [0.25, 0.3) is 0 Å². The molecule has 4 heteroatoms. The largest absolute Gasteiger partial charge is 0.383 e. The molecule has 0 atom stereocenters. The second kappa shape index (κ2) is 6.81. The number of hydrogen-bond acceptors (Lipinski definition) is 2. The number of halogens is 2. The van der Waals surface area contributed by atoms with Gasteiger partial charge in [-0.3, -0.25) is 0 Å². The summed E-state index contributed by atoms with van der Waals surface area (Å²) < 4.78 is 14.0. The van der Waals surface area contributed by atoms with Crippen LogP contribution in [0.1, 0.15) is 0 Å². The Bertz CT molecular complexity index is 519. The van der Waals surface area contributed by atoms with Crippen LogP contribution in [-0.2, 0) is 0 Å². The van der Waals surface area contributed by atoms with Crippen molar-refractivity contribution in [2.75, 3.05) is 17.6 Å². The van der Waals surface area contributed by atoms with Crippen LogP contribution in [0.3, 0.4) is 0 Å². The van der Waals surface area contributed by atoms with Crippen molar-refractivity contribution in [1.82, 2.24) is 0 Å². The van der Waals surface area contributed by atoms with Gasteiger partial charge in [0.05, 0.1) is 0 Å². The lowest BCUT2D eigenvalue weighted by Gasteiger charge is -2.08. The van der Waals surface area contributed by atoms with Crippen LogP contribution in [0, 0.1) is 5.82 Å². The third-order valence-corrected chi connectivity index (χ3v) is 4.04. The van der Waals surface area contributed by atoms with Gasteiger partial charge in [0.25, 0.3) is 0 Å². The molecule has 0 saturated carbocycles. The van der Waals surface area contributed by atoms with Gasteiger partial charge in [-0.25, -0.2) is 4.39 Å². The van der Waals surface area contributed by atoms with Crippen LogP contribution in [-0.4, -0.2) is 12.3 Å². The molecule has 1 N–H and O–H groups in total. The van der Waals surface area contributed by atoms with Crippen LogP contribution < -0.4 is 5.32 Å². The van der Waals surface area contributed by atoms with Gasteiger partial charge >= 0.3 is 0 Å². The Morgan fingerprint density at radius 3 is 2.72 bits per heavy atom. The average Bonchev–Trinajstić information content (AvgIpc) is 2.37. The molecule has 0 radical (unpaired) electrons. The summed E-state index contributed by atoms with van der Waals surface area (Å²) in [6.45, 7) is 0.837. The lowest BCUT2D eigenvalue weighted by atomic mass is 10.3. The van der Waals surface area contributed by atoms with Gasteiger partial charge in [-0.05, 0) is 46.3 Å². The van der Waals surface area contributed by atoms with E-state index < -0.39 is 0 Å². The molecule has 0 saturated heterocycles. The fraction of sp³-hybridized carbons (Fsp3) is 0.143. The summed E-state index contributed by atoms with van der Waals surface area (Å²) in [5, 5.41) is 3.34. The summed E-state index contributed by atoms with van der Waals surface area (Å²) in [5.74, 6) is 0.712. The SMILES string of the molecule is Fc1cccc(SCCNc2ccccc2Br)c1. The highest BCUT2D eigenvalue weighted by atomic mass is 79.9. The summed E-state index contributed by atoms with van der Waals surface area (Å²) >= 11 is 5.13. The zero-order valence-electron chi connectivity index (χ0n) is 9.70. The first-order chi connectivity index (χ1) is 8.75. The van der Waals surface area contributed by atoms with E-state index in [1.54, 1.807) is 23.9 Å². The molecule has 0 unspecified atom stereocenters. The van der Waals surface area contributed by atoms with Gasteiger partial charge in [0.15, 0.2) is 0 Å². The van der Waals surface area contributed by atoms with Crippen molar-refractivity contribution < 1.29 is 4.39 Å². The van der Waals surface area contributed by atoms with E-state index in [0.717, 1.165) is 27.4 Å². The second-order valence-electron chi connectivity index (χ2n) is 3.71. The molecule has 0 fully saturated rings. The van der Waals surface area contributed by atoms with Crippen LogP contribution in [0.5, 0.6) is 0 Å². The summed E-state index contributed by atoms with van der Waals surface area (Å²) in [6.07, 6.45) is 0. The molecule has 1 nitrogen and oxygen atoms in total. The van der Waals surface area contributed by atoms with Gasteiger partial charge < -0.3 is 5.32 Å². The Kier molecular flexibility index (Phi) is 5.08. The summed E-state index contributed by atoms with van der Waals surface area (Å²) in [7, 11) is 0. The zero-order chi connectivity index (χ0) is 12.8. The third kappa shape index (κ3) is 4.03. The molecule has 0 spiro atoms. The first-order valence-electron chi connectivity index (χ1n) is 5.62. The van der Waals surface area contributed by atoms with Crippen LogP contribution in [0.4, 0.5) is 10.1 Å².